The van der Waals surface area contributed by atoms with Gasteiger partial charge in [0.25, 0.3) is 0 Å². The van der Waals surface area contributed by atoms with Gasteiger partial charge in [0.15, 0.2) is 23.0 Å². The average Bonchev–Trinajstić information content (AvgIpc) is 3.09. The summed E-state index contributed by atoms with van der Waals surface area (Å²) in [5.41, 5.74) is 4.49. The smallest absolute Gasteiger partial charge is 0.221 e. The predicted octanol–water partition coefficient (Wildman–Crippen LogP) is 7.65. The Kier molecular flexibility index (Phi) is 11.1. The van der Waals surface area contributed by atoms with Crippen molar-refractivity contribution in [2.45, 2.75) is 27.7 Å². The fourth-order valence-corrected chi connectivity index (χ4v) is 6.31. The first-order valence-electron chi connectivity index (χ1n) is 14.5. The third-order valence-corrected chi connectivity index (χ3v) is 9.05. The van der Waals surface area contributed by atoms with Crippen LogP contribution in [0.25, 0.3) is 22.3 Å². The molecule has 0 N–H and O–H groups in total. The molecule has 0 amide bonds. The minimum absolute atomic E-state index is 0.128. The van der Waals surface area contributed by atoms with Gasteiger partial charge >= 0.3 is 0 Å². The van der Waals surface area contributed by atoms with Gasteiger partial charge in [-0.15, -0.1) is 0 Å². The summed E-state index contributed by atoms with van der Waals surface area (Å²) in [6.07, 6.45) is 2.99. The van der Waals surface area contributed by atoms with E-state index in [2.05, 4.69) is 9.97 Å². The molecule has 0 unspecified atom stereocenters. The molecule has 0 saturated carbocycles. The standard InChI is InChI=1S/C35H38Cl2N2O9/c1-15-19(36)13-38-34(47-11)23(15)21-17(3)25(30(43-7)32(45-9)28(21)41-5)27(40)26-18(4)22(29(42-6)33(46-10)31(26)44-8)24-16(2)20(37)14-39-35(24)48-12/h13-14H,1-12H3. The number of methoxy groups -OCH3 is 8. The Labute approximate surface area is 289 Å². The largest absolute Gasteiger partial charge is 0.492 e. The van der Waals surface area contributed by atoms with Crippen LogP contribution in [-0.4, -0.2) is 72.6 Å². The van der Waals surface area contributed by atoms with Crippen molar-refractivity contribution in [3.8, 4) is 68.5 Å². The van der Waals surface area contributed by atoms with E-state index in [1.54, 1.807) is 13.8 Å². The monoisotopic (exact) mass is 700 g/mol. The van der Waals surface area contributed by atoms with Crippen LogP contribution in [0.4, 0.5) is 0 Å². The highest BCUT2D eigenvalue weighted by Gasteiger charge is 2.37. The average molecular weight is 702 g/mol. The Morgan fingerprint density at radius 3 is 1.04 bits per heavy atom. The van der Waals surface area contributed by atoms with E-state index in [9.17, 15) is 0 Å². The zero-order chi connectivity index (χ0) is 35.6. The Morgan fingerprint density at radius 2 is 0.771 bits per heavy atom. The van der Waals surface area contributed by atoms with E-state index in [0.29, 0.717) is 54.6 Å². The maximum atomic E-state index is 15.3. The number of carbonyl (C=O) groups excluding carboxylic acids is 1. The van der Waals surface area contributed by atoms with Crippen molar-refractivity contribution in [2.75, 3.05) is 56.9 Å². The highest BCUT2D eigenvalue weighted by atomic mass is 35.5. The molecule has 0 aliphatic heterocycles. The van der Waals surface area contributed by atoms with Crippen LogP contribution in [0.3, 0.4) is 0 Å². The van der Waals surface area contributed by atoms with Crippen LogP contribution >= 0.6 is 23.2 Å². The van der Waals surface area contributed by atoms with E-state index >= 15 is 4.79 Å². The molecule has 13 heteroatoms. The number of halogens is 2. The van der Waals surface area contributed by atoms with Gasteiger partial charge in [0, 0.05) is 23.5 Å². The summed E-state index contributed by atoms with van der Waals surface area (Å²) < 4.78 is 46.6. The summed E-state index contributed by atoms with van der Waals surface area (Å²) in [6, 6.07) is 0. The van der Waals surface area contributed by atoms with Crippen LogP contribution in [0, 0.1) is 27.7 Å². The second-order valence-corrected chi connectivity index (χ2v) is 11.3. The number of benzene rings is 2. The summed E-state index contributed by atoms with van der Waals surface area (Å²) in [5.74, 6) is 1.21. The van der Waals surface area contributed by atoms with E-state index in [4.69, 9.17) is 61.1 Å². The minimum Gasteiger partial charge on any atom is -0.492 e. The molecule has 0 atom stereocenters. The summed E-state index contributed by atoms with van der Waals surface area (Å²) in [5, 5.41) is 0.771. The Balaban J connectivity index is 2.27. The van der Waals surface area contributed by atoms with E-state index in [1.165, 1.54) is 69.3 Å². The molecule has 0 bridgehead atoms. The van der Waals surface area contributed by atoms with Gasteiger partial charge in [-0.1, -0.05) is 23.2 Å². The molecular weight excluding hydrogens is 663 g/mol. The first kappa shape index (κ1) is 36.2. The van der Waals surface area contributed by atoms with Crippen molar-refractivity contribution < 1.29 is 42.7 Å². The second-order valence-electron chi connectivity index (χ2n) is 10.5. The lowest BCUT2D eigenvalue weighted by Crippen LogP contribution is -2.15. The second kappa shape index (κ2) is 14.7. The SMILES string of the molecule is COc1ncc(Cl)c(C)c1-c1c(C)c(C(=O)c2c(C)c(-c3c(OC)ncc(Cl)c3C)c(OC)c(OC)c2OC)c(OC)c(OC)c1OC. The summed E-state index contributed by atoms with van der Waals surface area (Å²) >= 11 is 13.1. The maximum Gasteiger partial charge on any atom is 0.221 e. The number of ketones is 1. The van der Waals surface area contributed by atoms with Crippen LogP contribution in [0.5, 0.6) is 46.3 Å². The lowest BCUT2D eigenvalue weighted by atomic mass is 9.85. The first-order valence-corrected chi connectivity index (χ1v) is 15.3. The molecule has 256 valence electrons. The van der Waals surface area contributed by atoms with E-state index in [1.807, 2.05) is 13.8 Å². The maximum absolute atomic E-state index is 15.3. The number of pyridine rings is 2. The Hall–Kier alpha value is -4.61. The zero-order valence-electron chi connectivity index (χ0n) is 29.0. The number of aromatic nitrogens is 2. The molecule has 2 aromatic heterocycles. The highest BCUT2D eigenvalue weighted by Crippen LogP contribution is 2.56. The molecule has 0 aliphatic carbocycles. The summed E-state index contributed by atoms with van der Waals surface area (Å²) in [7, 11) is 11.8. The van der Waals surface area contributed by atoms with Gasteiger partial charge in [-0.05, 0) is 49.9 Å². The van der Waals surface area contributed by atoms with Gasteiger partial charge < -0.3 is 37.9 Å². The molecule has 0 saturated heterocycles. The number of hydrogen-bond donors (Lipinski definition) is 0. The van der Waals surface area contributed by atoms with E-state index < -0.39 is 5.78 Å². The molecule has 48 heavy (non-hydrogen) atoms. The van der Waals surface area contributed by atoms with Crippen molar-refractivity contribution in [1.82, 2.24) is 9.97 Å². The molecule has 0 fully saturated rings. The Bertz CT molecular complexity index is 1780. The third-order valence-electron chi connectivity index (χ3n) is 8.28. The first-order chi connectivity index (χ1) is 22.9. The van der Waals surface area contributed by atoms with Gasteiger partial charge in [0.1, 0.15) is 0 Å². The molecule has 0 radical (unpaired) electrons. The quantitative estimate of drug-likeness (QED) is 0.136. The fourth-order valence-electron chi connectivity index (χ4n) is 6.03. The highest BCUT2D eigenvalue weighted by molar-refractivity contribution is 6.32. The van der Waals surface area contributed by atoms with E-state index in [-0.39, 0.29) is 57.4 Å². The van der Waals surface area contributed by atoms with Crippen LogP contribution in [0.1, 0.15) is 38.2 Å². The molecule has 0 spiro atoms. The number of nitrogens with zero attached hydrogens (tertiary/aromatic N) is 2. The number of rotatable bonds is 12. The third kappa shape index (κ3) is 5.64. The van der Waals surface area contributed by atoms with Crippen molar-refractivity contribution in [3.05, 3.63) is 55.8 Å². The molecule has 11 nitrogen and oxygen atoms in total. The number of hydrogen-bond acceptors (Lipinski definition) is 11. The number of carbonyl (C=O) groups is 1. The lowest BCUT2D eigenvalue weighted by Gasteiger charge is -2.26. The topological polar surface area (TPSA) is 117 Å². The normalized spacial score (nSPS) is 10.8. The Morgan fingerprint density at radius 1 is 0.458 bits per heavy atom. The van der Waals surface area contributed by atoms with Crippen molar-refractivity contribution in [2.24, 2.45) is 0 Å². The summed E-state index contributed by atoms with van der Waals surface area (Å²) in [6.45, 7) is 7.18. The molecule has 4 rings (SSSR count). The van der Waals surface area contributed by atoms with Gasteiger partial charge in [0.05, 0.1) is 89.2 Å². The van der Waals surface area contributed by atoms with Crippen molar-refractivity contribution in [3.63, 3.8) is 0 Å². The lowest BCUT2D eigenvalue weighted by molar-refractivity contribution is 0.103. The predicted molar refractivity (Wildman–Crippen MR) is 184 cm³/mol. The van der Waals surface area contributed by atoms with Gasteiger partial charge in [-0.25, -0.2) is 9.97 Å². The van der Waals surface area contributed by atoms with Gasteiger partial charge in [-0.2, -0.15) is 0 Å². The van der Waals surface area contributed by atoms with Crippen molar-refractivity contribution >= 4 is 29.0 Å². The molecule has 2 heterocycles. The van der Waals surface area contributed by atoms with Crippen LogP contribution < -0.4 is 37.9 Å². The van der Waals surface area contributed by atoms with Crippen LogP contribution in [-0.2, 0) is 0 Å². The van der Waals surface area contributed by atoms with Crippen LogP contribution in [0.2, 0.25) is 10.0 Å². The van der Waals surface area contributed by atoms with Crippen LogP contribution in [0.15, 0.2) is 12.4 Å². The van der Waals surface area contributed by atoms with Crippen molar-refractivity contribution in [1.29, 1.82) is 0 Å². The van der Waals surface area contributed by atoms with Gasteiger partial charge in [-0.3, -0.25) is 4.79 Å². The van der Waals surface area contributed by atoms with E-state index in [0.717, 1.165) is 0 Å². The zero-order valence-corrected chi connectivity index (χ0v) is 30.5. The number of ether oxygens (including phenoxy) is 8. The minimum atomic E-state index is -0.485. The molecular formula is C35H38Cl2N2O9. The summed E-state index contributed by atoms with van der Waals surface area (Å²) in [4.78, 5) is 24.1. The molecule has 4 aromatic rings. The molecule has 2 aromatic carbocycles. The molecule has 0 aliphatic rings. The van der Waals surface area contributed by atoms with Gasteiger partial charge in [0.2, 0.25) is 29.0 Å². The fraction of sp³-hybridized carbons (Fsp3) is 0.343.